The minimum Gasteiger partial charge on any atom is -0.368 e. The molecule has 0 bridgehead atoms. The molecular weight excluding hydrogens is 290 g/mol. The summed E-state index contributed by atoms with van der Waals surface area (Å²) in [5.41, 5.74) is 0. The van der Waals surface area contributed by atoms with Gasteiger partial charge < -0.3 is 4.74 Å². The first-order chi connectivity index (χ1) is 7.91. The molecule has 0 aromatic heterocycles. The van der Waals surface area contributed by atoms with Crippen LogP contribution in [0.1, 0.15) is 19.3 Å². The van der Waals surface area contributed by atoms with Gasteiger partial charge in [-0.05, 0) is 54.1 Å². The molecule has 4 nitrogen and oxygen atoms in total. The van der Waals surface area contributed by atoms with Crippen LogP contribution >= 0.6 is 34.8 Å². The van der Waals surface area contributed by atoms with Crippen molar-refractivity contribution >= 4 is 50.5 Å². The number of carbonyl (C=O) groups excluding carboxylic acids is 3. The van der Waals surface area contributed by atoms with Crippen LogP contribution in [0, 0.1) is 11.8 Å². The first kappa shape index (κ1) is 14.9. The van der Waals surface area contributed by atoms with Gasteiger partial charge in [0.05, 0.1) is 12.0 Å². The predicted octanol–water partition coefficient (Wildman–Crippen LogP) is 2.08. The molecule has 0 spiro atoms. The second kappa shape index (κ2) is 6.69. The van der Waals surface area contributed by atoms with Crippen molar-refractivity contribution in [3.05, 3.63) is 0 Å². The average Bonchev–Trinajstić information content (AvgIpc) is 2.25. The molecule has 3 unspecified atom stereocenters. The highest BCUT2D eigenvalue weighted by molar-refractivity contribution is 6.65. The monoisotopic (exact) mass is 300 g/mol. The fraction of sp³-hybridized carbons (Fsp3) is 0.700. The number of rotatable bonds is 5. The molecule has 1 aliphatic carbocycles. The lowest BCUT2D eigenvalue weighted by Crippen LogP contribution is -2.37. The van der Waals surface area contributed by atoms with Crippen LogP contribution in [-0.4, -0.2) is 28.4 Å². The van der Waals surface area contributed by atoms with Crippen molar-refractivity contribution in [3.8, 4) is 0 Å². The normalized spacial score (nSPS) is 28.8. The van der Waals surface area contributed by atoms with Crippen LogP contribution in [0.5, 0.6) is 0 Å². The third-order valence-electron chi connectivity index (χ3n) is 2.81. The number of hydrogen-bond acceptors (Lipinski definition) is 4. The van der Waals surface area contributed by atoms with Gasteiger partial charge in [-0.15, -0.1) is 0 Å². The molecule has 3 atom stereocenters. The highest BCUT2D eigenvalue weighted by atomic mass is 35.5. The molecule has 17 heavy (non-hydrogen) atoms. The van der Waals surface area contributed by atoms with Gasteiger partial charge in [0.2, 0.25) is 15.7 Å². The number of hydrogen-bond donors (Lipinski definition) is 0. The molecule has 0 aromatic carbocycles. The van der Waals surface area contributed by atoms with Crippen LogP contribution in [-0.2, 0) is 19.1 Å². The highest BCUT2D eigenvalue weighted by Crippen LogP contribution is 2.34. The fourth-order valence-electron chi connectivity index (χ4n) is 1.96. The van der Waals surface area contributed by atoms with E-state index >= 15 is 0 Å². The smallest absolute Gasteiger partial charge is 0.247 e. The zero-order valence-electron chi connectivity index (χ0n) is 8.83. The SMILES string of the molecule is O=C(Cl)COC1CCC(C(=O)Cl)CC1C(=O)Cl. The summed E-state index contributed by atoms with van der Waals surface area (Å²) in [7, 11) is 0. The molecule has 0 saturated heterocycles. The lowest BCUT2D eigenvalue weighted by atomic mass is 9.80. The molecule has 0 N–H and O–H groups in total. The number of carbonyl (C=O) groups is 3. The van der Waals surface area contributed by atoms with Gasteiger partial charge in [0.25, 0.3) is 0 Å². The van der Waals surface area contributed by atoms with E-state index in [1.165, 1.54) is 0 Å². The molecule has 0 radical (unpaired) electrons. The standard InChI is InChI=1S/C10H11Cl3O4/c11-8(14)4-17-7-2-1-5(9(12)15)3-6(7)10(13)16/h5-7H,1-4H2. The average molecular weight is 302 g/mol. The Bertz CT molecular complexity index is 332. The molecule has 0 aliphatic heterocycles. The van der Waals surface area contributed by atoms with E-state index in [1.54, 1.807) is 0 Å². The third-order valence-corrected chi connectivity index (χ3v) is 3.51. The minimum absolute atomic E-state index is 0.256. The summed E-state index contributed by atoms with van der Waals surface area (Å²) in [6.45, 7) is -0.271. The van der Waals surface area contributed by atoms with E-state index in [2.05, 4.69) is 0 Å². The van der Waals surface area contributed by atoms with Crippen molar-refractivity contribution < 1.29 is 19.1 Å². The van der Waals surface area contributed by atoms with E-state index in [0.717, 1.165) is 0 Å². The maximum atomic E-state index is 11.2. The van der Waals surface area contributed by atoms with Gasteiger partial charge in [-0.2, -0.15) is 0 Å². The zero-order chi connectivity index (χ0) is 13.0. The maximum Gasteiger partial charge on any atom is 0.247 e. The zero-order valence-corrected chi connectivity index (χ0v) is 11.1. The molecule has 0 heterocycles. The Morgan fingerprint density at radius 3 is 2.18 bits per heavy atom. The molecule has 0 amide bonds. The summed E-state index contributed by atoms with van der Waals surface area (Å²) in [5, 5.41) is -1.69. The topological polar surface area (TPSA) is 60.4 Å². The molecule has 96 valence electrons. The van der Waals surface area contributed by atoms with Crippen LogP contribution in [0.3, 0.4) is 0 Å². The van der Waals surface area contributed by atoms with E-state index < -0.39 is 27.7 Å². The molecular formula is C10H11Cl3O4. The maximum absolute atomic E-state index is 11.2. The molecule has 7 heteroatoms. The summed E-state index contributed by atoms with van der Waals surface area (Å²) < 4.78 is 5.21. The van der Waals surface area contributed by atoms with E-state index in [1.807, 2.05) is 0 Å². The van der Waals surface area contributed by atoms with Crippen LogP contribution in [0.4, 0.5) is 0 Å². The highest BCUT2D eigenvalue weighted by Gasteiger charge is 2.37. The van der Waals surface area contributed by atoms with Gasteiger partial charge in [-0.3, -0.25) is 14.4 Å². The molecule has 0 aromatic rings. The fourth-order valence-corrected chi connectivity index (χ4v) is 2.45. The Labute approximate surface area is 114 Å². The first-order valence-corrected chi connectivity index (χ1v) is 6.23. The third kappa shape index (κ3) is 4.54. The Morgan fingerprint density at radius 2 is 1.71 bits per heavy atom. The van der Waals surface area contributed by atoms with Crippen LogP contribution in [0.25, 0.3) is 0 Å². The van der Waals surface area contributed by atoms with Crippen molar-refractivity contribution in [2.75, 3.05) is 6.61 Å². The first-order valence-electron chi connectivity index (χ1n) is 5.10. The minimum atomic E-state index is -0.638. The molecule has 1 saturated carbocycles. The van der Waals surface area contributed by atoms with Crippen molar-refractivity contribution in [1.29, 1.82) is 0 Å². The van der Waals surface area contributed by atoms with Gasteiger partial charge in [-0.25, -0.2) is 0 Å². The van der Waals surface area contributed by atoms with Crippen molar-refractivity contribution in [1.82, 2.24) is 0 Å². The second-order valence-electron chi connectivity index (χ2n) is 3.93. The quantitative estimate of drug-likeness (QED) is 0.730. The largest absolute Gasteiger partial charge is 0.368 e. The lowest BCUT2D eigenvalue weighted by Gasteiger charge is -2.32. The number of halogens is 3. The molecule has 1 aliphatic rings. The van der Waals surface area contributed by atoms with Gasteiger partial charge in [0, 0.05) is 5.92 Å². The summed E-state index contributed by atoms with van der Waals surface area (Å²) in [6, 6.07) is 0. The Balaban J connectivity index is 2.62. The van der Waals surface area contributed by atoms with Crippen molar-refractivity contribution in [3.63, 3.8) is 0 Å². The van der Waals surface area contributed by atoms with E-state index in [0.29, 0.717) is 12.8 Å². The van der Waals surface area contributed by atoms with Crippen LogP contribution in [0.15, 0.2) is 0 Å². The summed E-state index contributed by atoms with van der Waals surface area (Å²) in [4.78, 5) is 32.9. The van der Waals surface area contributed by atoms with Gasteiger partial charge in [0.1, 0.15) is 6.61 Å². The molecule has 1 rings (SSSR count). The van der Waals surface area contributed by atoms with Gasteiger partial charge in [-0.1, -0.05) is 0 Å². The molecule has 1 fully saturated rings. The predicted molar refractivity (Wildman–Crippen MR) is 63.2 cm³/mol. The van der Waals surface area contributed by atoms with Gasteiger partial charge in [0.15, 0.2) is 0 Å². The summed E-state index contributed by atoms with van der Waals surface area (Å²) >= 11 is 16.0. The van der Waals surface area contributed by atoms with Crippen molar-refractivity contribution in [2.24, 2.45) is 11.8 Å². The van der Waals surface area contributed by atoms with Crippen LogP contribution in [0.2, 0.25) is 0 Å². The Kier molecular flexibility index (Phi) is 5.86. The number of ether oxygens (including phenoxy) is 1. The van der Waals surface area contributed by atoms with Crippen LogP contribution < -0.4 is 0 Å². The van der Waals surface area contributed by atoms with E-state index in [9.17, 15) is 14.4 Å². The summed E-state index contributed by atoms with van der Waals surface area (Å²) in [6.07, 6.45) is 0.752. The lowest BCUT2D eigenvalue weighted by molar-refractivity contribution is -0.131. The van der Waals surface area contributed by atoms with Gasteiger partial charge >= 0.3 is 0 Å². The second-order valence-corrected chi connectivity index (χ2v) is 5.10. The Morgan fingerprint density at radius 1 is 1.06 bits per heavy atom. The summed E-state index contributed by atoms with van der Waals surface area (Å²) in [5.74, 6) is -0.995. The Hall–Kier alpha value is -0.160. The van der Waals surface area contributed by atoms with E-state index in [4.69, 9.17) is 39.5 Å². The van der Waals surface area contributed by atoms with Crippen molar-refractivity contribution in [2.45, 2.75) is 25.4 Å². The van der Waals surface area contributed by atoms with E-state index in [-0.39, 0.29) is 18.9 Å².